The van der Waals surface area contributed by atoms with E-state index in [1.54, 1.807) is 6.07 Å². The van der Waals surface area contributed by atoms with Crippen molar-refractivity contribution in [2.75, 3.05) is 13.2 Å². The van der Waals surface area contributed by atoms with Gasteiger partial charge in [-0.2, -0.15) is 0 Å². The molecule has 0 bridgehead atoms. The molecule has 1 saturated heterocycles. The largest absolute Gasteiger partial charge is 0.378 e. The monoisotopic (exact) mass is 265 g/mol. The predicted molar refractivity (Wildman–Crippen MR) is 74.4 cm³/mol. The van der Waals surface area contributed by atoms with E-state index in [2.05, 4.69) is 17.9 Å². The molecule has 0 radical (unpaired) electrons. The first-order valence-electron chi connectivity index (χ1n) is 6.36. The van der Waals surface area contributed by atoms with Gasteiger partial charge in [0.05, 0.1) is 6.10 Å². The second kappa shape index (κ2) is 6.25. The van der Waals surface area contributed by atoms with Crippen LogP contribution in [0.1, 0.15) is 35.2 Å². The van der Waals surface area contributed by atoms with Crippen LogP contribution in [0.4, 0.5) is 0 Å². The Labute approximate surface area is 113 Å². The first-order valence-corrected chi connectivity index (χ1v) is 6.81. The van der Waals surface area contributed by atoms with Crippen LogP contribution in [0.25, 0.3) is 0 Å². The summed E-state index contributed by atoms with van der Waals surface area (Å²) < 4.78 is 5.52. The minimum atomic E-state index is -0.0265. The highest BCUT2D eigenvalue weighted by atomic mass is 32.1. The molecule has 4 heteroatoms. The molecular formula is C14H19NO2S. The average Bonchev–Trinajstić information content (AvgIpc) is 2.85. The number of aryl methyl sites for hydroxylation is 1. The number of carbonyl (C=O) groups is 1. The van der Waals surface area contributed by atoms with Crippen molar-refractivity contribution in [2.24, 2.45) is 0 Å². The molecular weight excluding hydrogens is 246 g/mol. The molecule has 1 aromatic carbocycles. The predicted octanol–water partition coefficient (Wildman–Crippen LogP) is 2.58. The van der Waals surface area contributed by atoms with Crippen LogP contribution in [0.5, 0.6) is 0 Å². The van der Waals surface area contributed by atoms with E-state index < -0.39 is 0 Å². The Hall–Kier alpha value is -1.00. The van der Waals surface area contributed by atoms with Gasteiger partial charge in [-0.15, -0.1) is 12.6 Å². The zero-order chi connectivity index (χ0) is 13.0. The maximum absolute atomic E-state index is 12.0. The van der Waals surface area contributed by atoms with Crippen molar-refractivity contribution in [1.29, 1.82) is 0 Å². The van der Waals surface area contributed by atoms with E-state index in [9.17, 15) is 4.79 Å². The molecule has 1 N–H and O–H groups in total. The summed E-state index contributed by atoms with van der Waals surface area (Å²) in [5.74, 6) is -0.0265. The molecule has 0 spiro atoms. The number of thiol groups is 1. The molecule has 1 heterocycles. The van der Waals surface area contributed by atoms with Crippen LogP contribution in [0, 0.1) is 6.92 Å². The van der Waals surface area contributed by atoms with Crippen molar-refractivity contribution in [2.45, 2.75) is 37.2 Å². The summed E-state index contributed by atoms with van der Waals surface area (Å²) in [6, 6.07) is 5.61. The maximum Gasteiger partial charge on any atom is 0.251 e. The molecule has 0 aliphatic carbocycles. The second-order valence-electron chi connectivity index (χ2n) is 4.68. The van der Waals surface area contributed by atoms with E-state index in [1.165, 1.54) is 0 Å². The van der Waals surface area contributed by atoms with Gasteiger partial charge < -0.3 is 10.1 Å². The van der Waals surface area contributed by atoms with E-state index in [1.807, 2.05) is 19.1 Å². The SMILES string of the molecule is Cc1ccc(S)cc1C(=O)NCCC1CCCO1. The van der Waals surface area contributed by atoms with Gasteiger partial charge in [-0.25, -0.2) is 0 Å². The number of benzene rings is 1. The molecule has 1 unspecified atom stereocenters. The van der Waals surface area contributed by atoms with Crippen LogP contribution < -0.4 is 5.32 Å². The van der Waals surface area contributed by atoms with Crippen LogP contribution in [0.2, 0.25) is 0 Å². The highest BCUT2D eigenvalue weighted by Gasteiger charge is 2.15. The quantitative estimate of drug-likeness (QED) is 0.821. The van der Waals surface area contributed by atoms with Crippen molar-refractivity contribution < 1.29 is 9.53 Å². The lowest BCUT2D eigenvalue weighted by Crippen LogP contribution is -2.27. The normalized spacial score (nSPS) is 18.9. The van der Waals surface area contributed by atoms with Crippen molar-refractivity contribution in [3.63, 3.8) is 0 Å². The van der Waals surface area contributed by atoms with Crippen LogP contribution in [0.15, 0.2) is 23.1 Å². The Morgan fingerprint density at radius 1 is 1.56 bits per heavy atom. The lowest BCUT2D eigenvalue weighted by atomic mass is 10.1. The number of amides is 1. The van der Waals surface area contributed by atoms with Gasteiger partial charge in [0, 0.05) is 23.6 Å². The van der Waals surface area contributed by atoms with E-state index in [-0.39, 0.29) is 5.91 Å². The van der Waals surface area contributed by atoms with Crippen LogP contribution >= 0.6 is 12.6 Å². The fraction of sp³-hybridized carbons (Fsp3) is 0.500. The fourth-order valence-electron chi connectivity index (χ4n) is 2.17. The van der Waals surface area contributed by atoms with Crippen molar-refractivity contribution in [3.05, 3.63) is 29.3 Å². The third-order valence-electron chi connectivity index (χ3n) is 3.24. The fourth-order valence-corrected chi connectivity index (χ4v) is 2.37. The number of hydrogen-bond donors (Lipinski definition) is 2. The summed E-state index contributed by atoms with van der Waals surface area (Å²) >= 11 is 4.26. The van der Waals surface area contributed by atoms with Gasteiger partial charge >= 0.3 is 0 Å². The molecule has 0 aromatic heterocycles. The van der Waals surface area contributed by atoms with Gasteiger partial charge in [-0.1, -0.05) is 6.07 Å². The summed E-state index contributed by atoms with van der Waals surface area (Å²) in [6.07, 6.45) is 3.47. The third kappa shape index (κ3) is 3.50. The van der Waals surface area contributed by atoms with Crippen LogP contribution in [-0.2, 0) is 4.74 Å². The van der Waals surface area contributed by atoms with E-state index >= 15 is 0 Å². The van der Waals surface area contributed by atoms with Gasteiger partial charge in [0.1, 0.15) is 0 Å². The number of rotatable bonds is 4. The molecule has 3 nitrogen and oxygen atoms in total. The first-order chi connectivity index (χ1) is 8.66. The summed E-state index contributed by atoms with van der Waals surface area (Å²) in [5.41, 5.74) is 1.68. The van der Waals surface area contributed by atoms with Crippen molar-refractivity contribution in [1.82, 2.24) is 5.32 Å². The molecule has 18 heavy (non-hydrogen) atoms. The minimum Gasteiger partial charge on any atom is -0.378 e. The molecule has 0 saturated carbocycles. The molecule has 1 aromatic rings. The zero-order valence-electron chi connectivity index (χ0n) is 10.6. The van der Waals surface area contributed by atoms with Gasteiger partial charge in [-0.3, -0.25) is 4.79 Å². The standard InChI is InChI=1S/C14H19NO2S/c1-10-4-5-12(18)9-13(10)14(16)15-7-6-11-3-2-8-17-11/h4-5,9,11,18H,2-3,6-8H2,1H3,(H,15,16). The summed E-state index contributed by atoms with van der Waals surface area (Å²) in [4.78, 5) is 12.8. The van der Waals surface area contributed by atoms with Crippen molar-refractivity contribution >= 4 is 18.5 Å². The minimum absolute atomic E-state index is 0.0265. The topological polar surface area (TPSA) is 38.3 Å². The van der Waals surface area contributed by atoms with Gasteiger partial charge in [-0.05, 0) is 43.9 Å². The lowest BCUT2D eigenvalue weighted by Gasteiger charge is -2.11. The Morgan fingerprint density at radius 2 is 2.39 bits per heavy atom. The summed E-state index contributed by atoms with van der Waals surface area (Å²) in [5, 5.41) is 2.94. The average molecular weight is 265 g/mol. The van der Waals surface area contributed by atoms with Crippen molar-refractivity contribution in [3.8, 4) is 0 Å². The third-order valence-corrected chi connectivity index (χ3v) is 3.52. The Kier molecular flexibility index (Phi) is 4.66. The van der Waals surface area contributed by atoms with Crippen LogP contribution in [0.3, 0.4) is 0 Å². The highest BCUT2D eigenvalue weighted by Crippen LogP contribution is 2.16. The van der Waals surface area contributed by atoms with Gasteiger partial charge in [0.2, 0.25) is 0 Å². The highest BCUT2D eigenvalue weighted by molar-refractivity contribution is 7.80. The van der Waals surface area contributed by atoms with Crippen LogP contribution in [-0.4, -0.2) is 25.2 Å². The summed E-state index contributed by atoms with van der Waals surface area (Å²) in [6.45, 7) is 3.46. The smallest absolute Gasteiger partial charge is 0.251 e. The zero-order valence-corrected chi connectivity index (χ0v) is 11.5. The number of carbonyl (C=O) groups excluding carboxylic acids is 1. The molecule has 1 fully saturated rings. The van der Waals surface area contributed by atoms with Gasteiger partial charge in [0.25, 0.3) is 5.91 Å². The van der Waals surface area contributed by atoms with E-state index in [4.69, 9.17) is 4.74 Å². The Morgan fingerprint density at radius 3 is 3.11 bits per heavy atom. The first kappa shape index (κ1) is 13.4. The molecule has 1 atom stereocenters. The lowest BCUT2D eigenvalue weighted by molar-refractivity contribution is 0.0906. The maximum atomic E-state index is 12.0. The van der Waals surface area contributed by atoms with E-state index in [0.717, 1.165) is 36.3 Å². The molecule has 98 valence electrons. The van der Waals surface area contributed by atoms with E-state index in [0.29, 0.717) is 18.2 Å². The molecule has 1 amide bonds. The Bertz CT molecular complexity index is 428. The van der Waals surface area contributed by atoms with Gasteiger partial charge in [0.15, 0.2) is 0 Å². The molecule has 1 aliphatic heterocycles. The number of nitrogens with one attached hydrogen (secondary N) is 1. The second-order valence-corrected chi connectivity index (χ2v) is 5.20. The Balaban J connectivity index is 1.85. The molecule has 2 rings (SSSR count). The summed E-state index contributed by atoms with van der Waals surface area (Å²) in [7, 11) is 0. The molecule has 1 aliphatic rings. The number of hydrogen-bond acceptors (Lipinski definition) is 3. The number of ether oxygens (including phenoxy) is 1.